The molecule has 0 saturated carbocycles. The number of nitrogens with one attached hydrogen (secondary N) is 1. The van der Waals surface area contributed by atoms with Crippen molar-refractivity contribution in [1.82, 2.24) is 4.98 Å². The second kappa shape index (κ2) is 4.74. The molecular weight excluding hydrogens is 254 g/mol. The van der Waals surface area contributed by atoms with E-state index in [0.29, 0.717) is 11.3 Å². The third kappa shape index (κ3) is 2.12. The zero-order chi connectivity index (χ0) is 14.1. The standard InChI is InChI=1S/C16H13NO3/c1-20-12-5-6-13-14(9-16(19)17-15(13)8-12)10-3-2-4-11(18)7-10/h2-9,18H,1H3,(H,17,19). The van der Waals surface area contributed by atoms with Gasteiger partial charge in [-0.3, -0.25) is 4.79 Å². The first-order chi connectivity index (χ1) is 9.67. The Hall–Kier alpha value is -2.75. The number of aromatic amines is 1. The molecule has 0 unspecified atom stereocenters. The number of ether oxygens (including phenoxy) is 1. The average Bonchev–Trinajstić information content (AvgIpc) is 2.45. The second-order valence-electron chi connectivity index (χ2n) is 4.51. The third-order valence-corrected chi connectivity index (χ3v) is 3.21. The van der Waals surface area contributed by atoms with E-state index in [2.05, 4.69) is 4.98 Å². The van der Waals surface area contributed by atoms with Gasteiger partial charge in [-0.15, -0.1) is 0 Å². The Labute approximate surface area is 115 Å². The van der Waals surface area contributed by atoms with Crippen molar-refractivity contribution in [1.29, 1.82) is 0 Å². The van der Waals surface area contributed by atoms with E-state index in [4.69, 9.17) is 4.74 Å². The van der Waals surface area contributed by atoms with Crippen molar-refractivity contribution in [2.45, 2.75) is 0 Å². The summed E-state index contributed by atoms with van der Waals surface area (Å²) in [4.78, 5) is 14.6. The van der Waals surface area contributed by atoms with Crippen LogP contribution in [0.2, 0.25) is 0 Å². The SMILES string of the molecule is COc1ccc2c(-c3cccc(O)c3)cc(=O)[nH]c2c1. The van der Waals surface area contributed by atoms with Crippen LogP contribution >= 0.6 is 0 Å². The van der Waals surface area contributed by atoms with Crippen LogP contribution in [-0.4, -0.2) is 17.2 Å². The molecule has 2 aromatic carbocycles. The van der Waals surface area contributed by atoms with Crippen LogP contribution in [0.15, 0.2) is 53.3 Å². The van der Waals surface area contributed by atoms with E-state index >= 15 is 0 Å². The van der Waals surface area contributed by atoms with Crippen LogP contribution in [0.4, 0.5) is 0 Å². The van der Waals surface area contributed by atoms with E-state index in [0.717, 1.165) is 16.5 Å². The van der Waals surface area contributed by atoms with Crippen LogP contribution in [0.5, 0.6) is 11.5 Å². The normalized spacial score (nSPS) is 10.7. The highest BCUT2D eigenvalue weighted by Crippen LogP contribution is 2.30. The van der Waals surface area contributed by atoms with Crippen LogP contribution < -0.4 is 10.3 Å². The Balaban J connectivity index is 2.32. The fourth-order valence-corrected chi connectivity index (χ4v) is 2.28. The quantitative estimate of drug-likeness (QED) is 0.750. The van der Waals surface area contributed by atoms with Crippen LogP contribution in [0.3, 0.4) is 0 Å². The molecule has 0 aliphatic rings. The first-order valence-electron chi connectivity index (χ1n) is 6.18. The van der Waals surface area contributed by atoms with Crippen LogP contribution in [0.25, 0.3) is 22.0 Å². The monoisotopic (exact) mass is 267 g/mol. The number of aromatic hydroxyl groups is 1. The van der Waals surface area contributed by atoms with Gasteiger partial charge in [0.2, 0.25) is 5.56 Å². The maximum atomic E-state index is 11.8. The van der Waals surface area contributed by atoms with Gasteiger partial charge in [-0.2, -0.15) is 0 Å². The number of hydrogen-bond donors (Lipinski definition) is 2. The Morgan fingerprint density at radius 2 is 1.95 bits per heavy atom. The zero-order valence-electron chi connectivity index (χ0n) is 10.9. The number of H-pyrrole nitrogens is 1. The largest absolute Gasteiger partial charge is 0.508 e. The number of phenolic OH excluding ortho intramolecular Hbond substituents is 1. The maximum Gasteiger partial charge on any atom is 0.249 e. The summed E-state index contributed by atoms with van der Waals surface area (Å²) in [7, 11) is 1.58. The van der Waals surface area contributed by atoms with Gasteiger partial charge >= 0.3 is 0 Å². The molecule has 0 fully saturated rings. The summed E-state index contributed by atoms with van der Waals surface area (Å²) in [6, 6.07) is 13.9. The summed E-state index contributed by atoms with van der Waals surface area (Å²) in [6.07, 6.45) is 0. The molecule has 0 saturated heterocycles. The van der Waals surface area contributed by atoms with Crippen molar-refractivity contribution in [2.75, 3.05) is 7.11 Å². The second-order valence-corrected chi connectivity index (χ2v) is 4.51. The minimum absolute atomic E-state index is 0.171. The highest BCUT2D eigenvalue weighted by molar-refractivity contribution is 5.95. The Bertz CT molecular complexity index is 836. The lowest BCUT2D eigenvalue weighted by Crippen LogP contribution is -2.04. The molecule has 4 heteroatoms. The lowest BCUT2D eigenvalue weighted by Gasteiger charge is -2.08. The molecular formula is C16H13NO3. The van der Waals surface area contributed by atoms with Crippen molar-refractivity contribution in [3.05, 3.63) is 58.9 Å². The fraction of sp³-hybridized carbons (Fsp3) is 0.0625. The number of aromatic nitrogens is 1. The van der Waals surface area contributed by atoms with E-state index in [9.17, 15) is 9.90 Å². The van der Waals surface area contributed by atoms with Crippen molar-refractivity contribution < 1.29 is 9.84 Å². The Morgan fingerprint density at radius 1 is 1.10 bits per heavy atom. The first-order valence-corrected chi connectivity index (χ1v) is 6.18. The molecule has 2 N–H and O–H groups in total. The highest BCUT2D eigenvalue weighted by atomic mass is 16.5. The predicted molar refractivity (Wildman–Crippen MR) is 78.2 cm³/mol. The summed E-state index contributed by atoms with van der Waals surface area (Å²) in [6.45, 7) is 0. The van der Waals surface area contributed by atoms with Crippen molar-refractivity contribution in [3.63, 3.8) is 0 Å². The van der Waals surface area contributed by atoms with Crippen molar-refractivity contribution in [2.24, 2.45) is 0 Å². The molecule has 1 heterocycles. The number of hydrogen-bond acceptors (Lipinski definition) is 3. The zero-order valence-corrected chi connectivity index (χ0v) is 10.9. The van der Waals surface area contributed by atoms with Crippen molar-refractivity contribution >= 4 is 10.9 Å². The minimum atomic E-state index is -0.191. The molecule has 0 spiro atoms. The summed E-state index contributed by atoms with van der Waals surface area (Å²) in [5, 5.41) is 10.5. The van der Waals surface area contributed by atoms with E-state index < -0.39 is 0 Å². The molecule has 1 aromatic heterocycles. The van der Waals surface area contributed by atoms with Crippen molar-refractivity contribution in [3.8, 4) is 22.6 Å². The van der Waals surface area contributed by atoms with Gasteiger partial charge in [0.05, 0.1) is 12.6 Å². The fourth-order valence-electron chi connectivity index (χ4n) is 2.28. The number of benzene rings is 2. The average molecular weight is 267 g/mol. The molecule has 4 nitrogen and oxygen atoms in total. The minimum Gasteiger partial charge on any atom is -0.508 e. The molecule has 0 bridgehead atoms. The van der Waals surface area contributed by atoms with Crippen LogP contribution in [-0.2, 0) is 0 Å². The van der Waals surface area contributed by atoms with E-state index in [1.807, 2.05) is 18.2 Å². The number of methoxy groups -OCH3 is 1. The van der Waals surface area contributed by atoms with Gasteiger partial charge in [-0.05, 0) is 35.4 Å². The summed E-state index contributed by atoms with van der Waals surface area (Å²) >= 11 is 0. The van der Waals surface area contributed by atoms with Gasteiger partial charge in [0.25, 0.3) is 0 Å². The number of pyridine rings is 1. The number of rotatable bonds is 2. The Kier molecular flexibility index (Phi) is 2.91. The summed E-state index contributed by atoms with van der Waals surface area (Å²) < 4.78 is 5.16. The molecule has 20 heavy (non-hydrogen) atoms. The first kappa shape index (κ1) is 12.3. The predicted octanol–water partition coefficient (Wildman–Crippen LogP) is 2.91. The molecule has 3 rings (SSSR count). The van der Waals surface area contributed by atoms with Gasteiger partial charge in [0, 0.05) is 17.5 Å². The number of phenols is 1. The highest BCUT2D eigenvalue weighted by Gasteiger charge is 2.07. The number of fused-ring (bicyclic) bond motifs is 1. The van der Waals surface area contributed by atoms with Crippen LogP contribution in [0, 0.1) is 0 Å². The molecule has 3 aromatic rings. The smallest absolute Gasteiger partial charge is 0.249 e. The summed E-state index contributed by atoms with van der Waals surface area (Å²) in [5.74, 6) is 0.852. The Morgan fingerprint density at radius 3 is 2.70 bits per heavy atom. The lowest BCUT2D eigenvalue weighted by molar-refractivity contribution is 0.415. The van der Waals surface area contributed by atoms with Crippen LogP contribution in [0.1, 0.15) is 0 Å². The van der Waals surface area contributed by atoms with Gasteiger partial charge in [0.1, 0.15) is 11.5 Å². The molecule has 0 aliphatic carbocycles. The topological polar surface area (TPSA) is 62.3 Å². The molecule has 0 atom stereocenters. The lowest BCUT2D eigenvalue weighted by atomic mass is 10.0. The van der Waals surface area contributed by atoms with E-state index in [1.54, 1.807) is 31.4 Å². The molecule has 100 valence electrons. The van der Waals surface area contributed by atoms with Gasteiger partial charge in [0.15, 0.2) is 0 Å². The summed E-state index contributed by atoms with van der Waals surface area (Å²) in [5.41, 5.74) is 2.09. The van der Waals surface area contributed by atoms with E-state index in [-0.39, 0.29) is 11.3 Å². The molecule has 0 aliphatic heterocycles. The molecule has 0 radical (unpaired) electrons. The van der Waals surface area contributed by atoms with E-state index in [1.165, 1.54) is 6.07 Å². The third-order valence-electron chi connectivity index (χ3n) is 3.21. The maximum absolute atomic E-state index is 11.8. The van der Waals surface area contributed by atoms with Gasteiger partial charge in [-0.1, -0.05) is 12.1 Å². The van der Waals surface area contributed by atoms with Gasteiger partial charge in [-0.25, -0.2) is 0 Å². The van der Waals surface area contributed by atoms with Gasteiger partial charge < -0.3 is 14.8 Å². The molecule has 0 amide bonds.